The van der Waals surface area contributed by atoms with Crippen LogP contribution < -0.4 is 0 Å². The minimum Gasteiger partial charge on any atom is -0.491 e. The summed E-state index contributed by atoms with van der Waals surface area (Å²) in [6, 6.07) is 22.3. The molecule has 0 amide bonds. The highest BCUT2D eigenvalue weighted by molar-refractivity contribution is 6.03. The molecule has 4 rings (SSSR count). The van der Waals surface area contributed by atoms with Crippen molar-refractivity contribution < 1.29 is 29.0 Å². The summed E-state index contributed by atoms with van der Waals surface area (Å²) in [7, 11) is 0. The van der Waals surface area contributed by atoms with Gasteiger partial charge in [-0.05, 0) is 84.5 Å². The standard InChI is InChI=1S/C37H40O6/c1-23(2)22-42-37(41)34-15-12-28-18-27(8-9-31(28)21-34)26(5)43-25(4)7-17-36(40)33-14-11-29-19-32(13-10-30(29)20-33)35(39)16-6-24(3)38/h8-15,18-21,23-25,38H,5-7,16-17,22H2,1-4H3. The fraction of sp³-hybridized carbons (Fsp3) is 0.324. The van der Waals surface area contributed by atoms with Crippen LogP contribution >= 0.6 is 0 Å². The van der Waals surface area contributed by atoms with Crippen LogP contribution in [0.3, 0.4) is 0 Å². The van der Waals surface area contributed by atoms with E-state index in [1.807, 2.05) is 75.4 Å². The number of Topliss-reactive ketones (excluding diaryl/α,β-unsaturated/α-hetero) is 2. The van der Waals surface area contributed by atoms with Crippen molar-refractivity contribution in [2.24, 2.45) is 5.92 Å². The number of benzene rings is 4. The van der Waals surface area contributed by atoms with Crippen LogP contribution in [-0.4, -0.2) is 41.5 Å². The Bertz CT molecular complexity index is 1650. The number of ketones is 2. The second-order valence-corrected chi connectivity index (χ2v) is 11.7. The maximum absolute atomic E-state index is 13.0. The molecule has 0 radical (unpaired) electrons. The lowest BCUT2D eigenvalue weighted by atomic mass is 9.97. The largest absolute Gasteiger partial charge is 0.491 e. The van der Waals surface area contributed by atoms with E-state index in [2.05, 4.69) is 6.58 Å². The van der Waals surface area contributed by atoms with Gasteiger partial charge in [0.05, 0.1) is 24.4 Å². The summed E-state index contributed by atoms with van der Waals surface area (Å²) < 4.78 is 11.4. The molecule has 0 bridgehead atoms. The van der Waals surface area contributed by atoms with Gasteiger partial charge >= 0.3 is 5.97 Å². The molecule has 0 spiro atoms. The summed E-state index contributed by atoms with van der Waals surface area (Å²) in [6.07, 6.45) is 0.851. The molecular weight excluding hydrogens is 540 g/mol. The van der Waals surface area contributed by atoms with Crippen LogP contribution in [-0.2, 0) is 9.47 Å². The summed E-state index contributed by atoms with van der Waals surface area (Å²) in [5, 5.41) is 13.1. The van der Waals surface area contributed by atoms with Crippen molar-refractivity contribution in [2.45, 2.75) is 65.6 Å². The Kier molecular flexibility index (Phi) is 10.5. The van der Waals surface area contributed by atoms with E-state index in [1.54, 1.807) is 25.1 Å². The van der Waals surface area contributed by atoms with Crippen LogP contribution in [0.1, 0.15) is 90.0 Å². The first-order chi connectivity index (χ1) is 20.5. The smallest absolute Gasteiger partial charge is 0.338 e. The molecule has 224 valence electrons. The quantitative estimate of drug-likeness (QED) is 0.0919. The van der Waals surface area contributed by atoms with Crippen LogP contribution in [0.25, 0.3) is 27.3 Å². The topological polar surface area (TPSA) is 89.9 Å². The van der Waals surface area contributed by atoms with Crippen molar-refractivity contribution >= 4 is 44.8 Å². The molecule has 0 saturated carbocycles. The molecule has 0 aromatic heterocycles. The summed E-state index contributed by atoms with van der Waals surface area (Å²) in [6.45, 7) is 12.1. The lowest BCUT2D eigenvalue weighted by Gasteiger charge is -2.17. The van der Waals surface area contributed by atoms with E-state index < -0.39 is 6.10 Å². The zero-order chi connectivity index (χ0) is 31.1. The summed E-state index contributed by atoms with van der Waals surface area (Å²) in [5.41, 5.74) is 2.58. The van der Waals surface area contributed by atoms with E-state index >= 15 is 0 Å². The van der Waals surface area contributed by atoms with Crippen molar-refractivity contribution in [1.82, 2.24) is 0 Å². The van der Waals surface area contributed by atoms with Crippen LogP contribution in [0.5, 0.6) is 0 Å². The van der Waals surface area contributed by atoms with Crippen molar-refractivity contribution in [3.05, 3.63) is 102 Å². The van der Waals surface area contributed by atoms with Gasteiger partial charge in [0.25, 0.3) is 0 Å². The molecule has 0 fully saturated rings. The normalized spacial score (nSPS) is 12.7. The first-order valence-corrected chi connectivity index (χ1v) is 14.9. The van der Waals surface area contributed by atoms with Gasteiger partial charge in [0.15, 0.2) is 11.6 Å². The second kappa shape index (κ2) is 14.3. The van der Waals surface area contributed by atoms with E-state index in [1.165, 1.54) is 0 Å². The van der Waals surface area contributed by atoms with Crippen LogP contribution in [0.15, 0.2) is 79.4 Å². The van der Waals surface area contributed by atoms with Crippen molar-refractivity contribution in [3.63, 3.8) is 0 Å². The van der Waals surface area contributed by atoms with E-state index in [0.717, 1.165) is 27.1 Å². The predicted molar refractivity (Wildman–Crippen MR) is 171 cm³/mol. The number of aliphatic hydroxyl groups excluding tert-OH is 1. The zero-order valence-electron chi connectivity index (χ0n) is 25.4. The van der Waals surface area contributed by atoms with Gasteiger partial charge in [-0.25, -0.2) is 4.79 Å². The molecule has 0 heterocycles. The lowest BCUT2D eigenvalue weighted by Crippen LogP contribution is -2.10. The van der Waals surface area contributed by atoms with Gasteiger partial charge in [0.2, 0.25) is 0 Å². The highest BCUT2D eigenvalue weighted by atomic mass is 16.5. The molecule has 1 N–H and O–H groups in total. The van der Waals surface area contributed by atoms with Crippen LogP contribution in [0.2, 0.25) is 0 Å². The molecule has 2 unspecified atom stereocenters. The van der Waals surface area contributed by atoms with Gasteiger partial charge in [-0.3, -0.25) is 9.59 Å². The molecule has 0 aliphatic heterocycles. The van der Waals surface area contributed by atoms with Crippen molar-refractivity contribution in [2.75, 3.05) is 6.61 Å². The molecule has 2 atom stereocenters. The fourth-order valence-corrected chi connectivity index (χ4v) is 4.80. The molecule has 0 saturated heterocycles. The maximum Gasteiger partial charge on any atom is 0.338 e. The number of aliphatic hydroxyl groups is 1. The minimum absolute atomic E-state index is 0.00420. The van der Waals surface area contributed by atoms with E-state index in [0.29, 0.717) is 54.7 Å². The fourth-order valence-electron chi connectivity index (χ4n) is 4.80. The number of esters is 1. The summed E-state index contributed by atoms with van der Waals surface area (Å²) in [5.74, 6) is 0.485. The van der Waals surface area contributed by atoms with Gasteiger partial charge in [0.1, 0.15) is 5.76 Å². The molecule has 6 nitrogen and oxygen atoms in total. The Hall–Kier alpha value is -4.29. The number of hydrogen-bond donors (Lipinski definition) is 1. The Morgan fingerprint density at radius 1 is 0.674 bits per heavy atom. The second-order valence-electron chi connectivity index (χ2n) is 11.7. The van der Waals surface area contributed by atoms with Gasteiger partial charge in [-0.15, -0.1) is 0 Å². The van der Waals surface area contributed by atoms with Crippen LogP contribution in [0.4, 0.5) is 0 Å². The highest BCUT2D eigenvalue weighted by Gasteiger charge is 2.15. The van der Waals surface area contributed by atoms with Gasteiger partial charge in [0, 0.05) is 29.5 Å². The van der Waals surface area contributed by atoms with Crippen molar-refractivity contribution in [3.8, 4) is 0 Å². The Balaban J connectivity index is 1.32. The zero-order valence-corrected chi connectivity index (χ0v) is 25.4. The van der Waals surface area contributed by atoms with Gasteiger partial charge in [-0.2, -0.15) is 0 Å². The molecule has 0 aliphatic carbocycles. The third kappa shape index (κ3) is 8.62. The summed E-state index contributed by atoms with van der Waals surface area (Å²) >= 11 is 0. The maximum atomic E-state index is 13.0. The molecule has 6 heteroatoms. The average Bonchev–Trinajstić information content (AvgIpc) is 3.00. The van der Waals surface area contributed by atoms with E-state index in [9.17, 15) is 19.5 Å². The summed E-state index contributed by atoms with van der Waals surface area (Å²) in [4.78, 5) is 37.7. The Morgan fingerprint density at radius 2 is 1.12 bits per heavy atom. The van der Waals surface area contributed by atoms with Gasteiger partial charge in [-0.1, -0.05) is 62.9 Å². The first kappa shape index (κ1) is 31.6. The average molecular weight is 581 g/mol. The molecule has 4 aromatic carbocycles. The number of carbonyl (C=O) groups is 3. The lowest BCUT2D eigenvalue weighted by molar-refractivity contribution is 0.0459. The minimum atomic E-state index is -0.508. The van der Waals surface area contributed by atoms with E-state index in [4.69, 9.17) is 9.47 Å². The first-order valence-electron chi connectivity index (χ1n) is 14.9. The third-order valence-electron chi connectivity index (χ3n) is 7.34. The molecule has 4 aromatic rings. The molecule has 0 aliphatic rings. The van der Waals surface area contributed by atoms with Gasteiger partial charge < -0.3 is 14.6 Å². The number of hydrogen-bond acceptors (Lipinski definition) is 6. The molecule has 43 heavy (non-hydrogen) atoms. The predicted octanol–water partition coefficient (Wildman–Crippen LogP) is 8.19. The third-order valence-corrected chi connectivity index (χ3v) is 7.34. The van der Waals surface area contributed by atoms with Crippen LogP contribution in [0, 0.1) is 5.92 Å². The number of rotatable bonds is 14. The molecular formula is C37H40O6. The van der Waals surface area contributed by atoms with E-state index in [-0.39, 0.29) is 29.6 Å². The Morgan fingerprint density at radius 3 is 1.63 bits per heavy atom. The highest BCUT2D eigenvalue weighted by Crippen LogP contribution is 2.25. The SMILES string of the molecule is C=C(OC(C)CCC(=O)c1ccc2cc(C(=O)CCC(C)O)ccc2c1)c1ccc2cc(C(=O)OCC(C)C)ccc2c1. The number of fused-ring (bicyclic) bond motifs is 2. The van der Waals surface area contributed by atoms with Crippen molar-refractivity contribution in [1.29, 1.82) is 0 Å². The Labute approximate surface area is 253 Å². The number of carbonyl (C=O) groups excluding carboxylic acids is 3. The monoisotopic (exact) mass is 580 g/mol. The number of ether oxygens (including phenoxy) is 2.